The first-order chi connectivity index (χ1) is 11.2. The summed E-state index contributed by atoms with van der Waals surface area (Å²) in [5.41, 5.74) is 1.56. The average molecular weight is 331 g/mol. The van der Waals surface area contributed by atoms with Gasteiger partial charge >= 0.3 is 0 Å². The highest BCUT2D eigenvalue weighted by Crippen LogP contribution is 2.23. The third-order valence-electron chi connectivity index (χ3n) is 4.37. The number of rotatable bonds is 4. The molecule has 2 aromatic rings. The molecular formula is C15H17N5O2S. The van der Waals surface area contributed by atoms with Gasteiger partial charge in [0.25, 0.3) is 5.91 Å². The molecule has 7 nitrogen and oxygen atoms in total. The summed E-state index contributed by atoms with van der Waals surface area (Å²) in [7, 11) is 0. The van der Waals surface area contributed by atoms with Crippen LogP contribution in [-0.4, -0.2) is 56.2 Å². The molecule has 23 heavy (non-hydrogen) atoms. The van der Waals surface area contributed by atoms with Crippen LogP contribution in [0, 0.1) is 0 Å². The summed E-state index contributed by atoms with van der Waals surface area (Å²) in [5, 5.41) is 12.1. The molecule has 0 saturated carbocycles. The summed E-state index contributed by atoms with van der Waals surface area (Å²) >= 11 is 1.53. The molecule has 0 aliphatic carbocycles. The Hall–Kier alpha value is -2.22. The van der Waals surface area contributed by atoms with Gasteiger partial charge in [-0.15, -0.1) is 5.10 Å². The summed E-state index contributed by atoms with van der Waals surface area (Å²) < 4.78 is 1.81. The van der Waals surface area contributed by atoms with E-state index < -0.39 is 0 Å². The summed E-state index contributed by atoms with van der Waals surface area (Å²) in [6.07, 6.45) is 3.45. The van der Waals surface area contributed by atoms with E-state index in [-0.39, 0.29) is 17.9 Å². The molecule has 2 fully saturated rings. The Labute approximate surface area is 137 Å². The van der Waals surface area contributed by atoms with Gasteiger partial charge in [0.15, 0.2) is 0 Å². The first-order valence-corrected chi connectivity index (χ1v) is 8.65. The second-order valence-electron chi connectivity index (χ2n) is 5.98. The van der Waals surface area contributed by atoms with Crippen LogP contribution in [0.15, 0.2) is 23.0 Å². The van der Waals surface area contributed by atoms with Crippen molar-refractivity contribution in [1.29, 1.82) is 0 Å². The van der Waals surface area contributed by atoms with E-state index in [1.165, 1.54) is 11.3 Å². The van der Waals surface area contributed by atoms with Gasteiger partial charge in [0.05, 0.1) is 24.3 Å². The minimum atomic E-state index is 0.0745. The number of hydrogen-bond acceptors (Lipinski definition) is 5. The van der Waals surface area contributed by atoms with Gasteiger partial charge in [0.2, 0.25) is 5.91 Å². The van der Waals surface area contributed by atoms with Crippen LogP contribution in [-0.2, 0) is 11.3 Å². The molecule has 4 rings (SSSR count). The van der Waals surface area contributed by atoms with Crippen LogP contribution < -0.4 is 0 Å². The minimum absolute atomic E-state index is 0.0745. The second kappa shape index (κ2) is 5.77. The maximum Gasteiger partial charge on any atom is 0.254 e. The van der Waals surface area contributed by atoms with Gasteiger partial charge < -0.3 is 9.80 Å². The van der Waals surface area contributed by atoms with E-state index >= 15 is 0 Å². The fourth-order valence-electron chi connectivity index (χ4n) is 2.99. The van der Waals surface area contributed by atoms with Crippen molar-refractivity contribution in [3.63, 3.8) is 0 Å². The van der Waals surface area contributed by atoms with E-state index in [1.54, 1.807) is 0 Å². The van der Waals surface area contributed by atoms with E-state index in [4.69, 9.17) is 0 Å². The van der Waals surface area contributed by atoms with Gasteiger partial charge in [0.1, 0.15) is 5.69 Å². The molecule has 0 atom stereocenters. The first-order valence-electron chi connectivity index (χ1n) is 7.70. The lowest BCUT2D eigenvalue weighted by molar-refractivity contribution is -0.128. The van der Waals surface area contributed by atoms with Gasteiger partial charge in [-0.05, 0) is 17.9 Å². The van der Waals surface area contributed by atoms with E-state index in [9.17, 15) is 9.59 Å². The lowest BCUT2D eigenvalue weighted by Crippen LogP contribution is -2.50. The maximum absolute atomic E-state index is 12.2. The number of thiophene rings is 1. The molecule has 0 spiro atoms. The standard InChI is InChI=1S/C15H17N5O2S/c21-14-2-1-4-18(14)6-12-7-20(17-16-12)13-8-19(9-13)15(22)11-3-5-23-10-11/h3,5,7,10,13H,1-2,4,6,8-9H2. The Bertz CT molecular complexity index is 720. The highest BCUT2D eigenvalue weighted by Gasteiger charge is 2.33. The Balaban J connectivity index is 1.34. The monoisotopic (exact) mass is 331 g/mol. The lowest BCUT2D eigenvalue weighted by atomic mass is 10.1. The first kappa shape index (κ1) is 14.4. The Morgan fingerprint density at radius 1 is 1.39 bits per heavy atom. The number of likely N-dealkylation sites (tertiary alicyclic amines) is 2. The van der Waals surface area contributed by atoms with Crippen molar-refractivity contribution in [2.24, 2.45) is 0 Å². The van der Waals surface area contributed by atoms with Crippen LogP contribution in [0.3, 0.4) is 0 Å². The number of carbonyl (C=O) groups excluding carboxylic acids is 2. The van der Waals surface area contributed by atoms with Crippen LogP contribution in [0.4, 0.5) is 0 Å². The average Bonchev–Trinajstić information content (AvgIpc) is 3.21. The zero-order valence-corrected chi connectivity index (χ0v) is 13.4. The zero-order chi connectivity index (χ0) is 15.8. The van der Waals surface area contributed by atoms with Crippen molar-refractivity contribution < 1.29 is 9.59 Å². The Morgan fingerprint density at radius 3 is 2.96 bits per heavy atom. The highest BCUT2D eigenvalue weighted by atomic mass is 32.1. The fraction of sp³-hybridized carbons (Fsp3) is 0.467. The van der Waals surface area contributed by atoms with E-state index in [1.807, 2.05) is 37.5 Å². The van der Waals surface area contributed by atoms with Crippen LogP contribution >= 0.6 is 11.3 Å². The molecular weight excluding hydrogens is 314 g/mol. The van der Waals surface area contributed by atoms with Crippen LogP contribution in [0.2, 0.25) is 0 Å². The molecule has 0 bridgehead atoms. The molecule has 2 aliphatic rings. The molecule has 2 aromatic heterocycles. The van der Waals surface area contributed by atoms with Crippen molar-refractivity contribution in [2.75, 3.05) is 19.6 Å². The van der Waals surface area contributed by atoms with Crippen LogP contribution in [0.5, 0.6) is 0 Å². The van der Waals surface area contributed by atoms with Crippen molar-refractivity contribution >= 4 is 23.2 Å². The Morgan fingerprint density at radius 2 is 2.26 bits per heavy atom. The molecule has 0 N–H and O–H groups in total. The summed E-state index contributed by atoms with van der Waals surface area (Å²) in [6.45, 7) is 2.64. The van der Waals surface area contributed by atoms with E-state index in [2.05, 4.69) is 10.3 Å². The van der Waals surface area contributed by atoms with Gasteiger partial charge in [-0.25, -0.2) is 4.68 Å². The Kier molecular flexibility index (Phi) is 3.60. The van der Waals surface area contributed by atoms with E-state index in [0.29, 0.717) is 26.1 Å². The normalized spacial score (nSPS) is 18.5. The predicted molar refractivity (Wildman–Crippen MR) is 83.9 cm³/mol. The van der Waals surface area contributed by atoms with Crippen LogP contribution in [0.25, 0.3) is 0 Å². The minimum Gasteiger partial charge on any atom is -0.337 e. The lowest BCUT2D eigenvalue weighted by Gasteiger charge is -2.38. The molecule has 2 amide bonds. The smallest absolute Gasteiger partial charge is 0.254 e. The number of nitrogens with zero attached hydrogens (tertiary/aromatic N) is 5. The third kappa shape index (κ3) is 2.74. The van der Waals surface area contributed by atoms with Gasteiger partial charge in [-0.1, -0.05) is 5.21 Å². The summed E-state index contributed by atoms with van der Waals surface area (Å²) in [5.74, 6) is 0.265. The van der Waals surface area contributed by atoms with Crippen molar-refractivity contribution in [1.82, 2.24) is 24.8 Å². The largest absolute Gasteiger partial charge is 0.337 e. The zero-order valence-electron chi connectivity index (χ0n) is 12.6. The summed E-state index contributed by atoms with van der Waals surface area (Å²) in [6, 6.07) is 2.02. The number of aromatic nitrogens is 3. The quantitative estimate of drug-likeness (QED) is 0.843. The summed E-state index contributed by atoms with van der Waals surface area (Å²) in [4.78, 5) is 27.5. The van der Waals surface area contributed by atoms with Gasteiger partial charge in [-0.2, -0.15) is 11.3 Å². The van der Waals surface area contributed by atoms with E-state index in [0.717, 1.165) is 24.2 Å². The number of amides is 2. The van der Waals surface area contributed by atoms with Gasteiger partial charge in [0, 0.05) is 31.4 Å². The molecule has 4 heterocycles. The maximum atomic E-state index is 12.2. The van der Waals surface area contributed by atoms with Crippen LogP contribution in [0.1, 0.15) is 34.9 Å². The second-order valence-corrected chi connectivity index (χ2v) is 6.76. The molecule has 2 saturated heterocycles. The molecule has 0 radical (unpaired) electrons. The molecule has 120 valence electrons. The predicted octanol–water partition coefficient (Wildman–Crippen LogP) is 1.16. The highest BCUT2D eigenvalue weighted by molar-refractivity contribution is 7.08. The SMILES string of the molecule is O=C1CCCN1Cc1cn(C2CN(C(=O)c3ccsc3)C2)nn1. The third-order valence-corrected chi connectivity index (χ3v) is 5.06. The van der Waals surface area contributed by atoms with Crippen molar-refractivity contribution in [3.8, 4) is 0 Å². The number of hydrogen-bond donors (Lipinski definition) is 0. The van der Waals surface area contributed by atoms with Crippen molar-refractivity contribution in [2.45, 2.75) is 25.4 Å². The molecule has 8 heteroatoms. The van der Waals surface area contributed by atoms with Gasteiger partial charge in [-0.3, -0.25) is 9.59 Å². The molecule has 2 aliphatic heterocycles. The van der Waals surface area contributed by atoms with Crippen molar-refractivity contribution in [3.05, 3.63) is 34.3 Å². The molecule has 0 unspecified atom stereocenters. The fourth-order valence-corrected chi connectivity index (χ4v) is 3.62. The number of carbonyl (C=O) groups is 2. The topological polar surface area (TPSA) is 71.3 Å². The molecule has 0 aromatic carbocycles.